The van der Waals surface area contributed by atoms with Gasteiger partial charge in [0.05, 0.1) is 6.26 Å². The fourth-order valence-electron chi connectivity index (χ4n) is 1.86. The topological polar surface area (TPSA) is 138 Å². The van der Waals surface area contributed by atoms with E-state index in [9.17, 15) is 15.8 Å². The van der Waals surface area contributed by atoms with Crippen LogP contribution in [0.25, 0.3) is 0 Å². The highest BCUT2D eigenvalue weighted by Gasteiger charge is 2.49. The number of rotatable bonds is 2. The summed E-state index contributed by atoms with van der Waals surface area (Å²) in [6.07, 6.45) is 1.46. The first-order valence-corrected chi connectivity index (χ1v) is 6.34. The van der Waals surface area contributed by atoms with Crippen molar-refractivity contribution >= 4 is 23.0 Å². The monoisotopic (exact) mass is 311 g/mol. The summed E-state index contributed by atoms with van der Waals surface area (Å²) in [7, 11) is 0. The summed E-state index contributed by atoms with van der Waals surface area (Å²) in [4.78, 5) is 0. The van der Waals surface area contributed by atoms with Crippen LogP contribution in [0, 0.1) is 34.0 Å². The van der Waals surface area contributed by atoms with Gasteiger partial charge in [-0.15, -0.1) is 0 Å². The average molecular weight is 311 g/mol. The van der Waals surface area contributed by atoms with E-state index in [-0.39, 0.29) is 16.5 Å². The lowest BCUT2D eigenvalue weighted by atomic mass is 9.91. The van der Waals surface area contributed by atoms with Crippen molar-refractivity contribution in [2.75, 3.05) is 0 Å². The molecule has 0 fully saturated rings. The molecule has 2 heterocycles. The van der Waals surface area contributed by atoms with Gasteiger partial charge >= 0.3 is 0 Å². The molecular formula is C13H9N7OS. The summed E-state index contributed by atoms with van der Waals surface area (Å²) in [5.74, 6) is 0.298. The van der Waals surface area contributed by atoms with Crippen LogP contribution in [0.15, 0.2) is 39.3 Å². The van der Waals surface area contributed by atoms with E-state index in [1.807, 2.05) is 0 Å². The maximum Gasteiger partial charge on any atom is 0.274 e. The van der Waals surface area contributed by atoms with Gasteiger partial charge in [0, 0.05) is 0 Å². The molecule has 2 rings (SSSR count). The standard InChI is InChI=1S/C13H9N7OS/c1-8(10-3-2-4-21-10)19-20-12(22)18-11(17)9(5-14)13(20,6-15)7-16/h2-4H,17H2,1H3,(H,18,22)/b19-8-. The highest BCUT2D eigenvalue weighted by molar-refractivity contribution is 7.80. The Labute approximate surface area is 131 Å². The molecule has 8 nitrogen and oxygen atoms in total. The lowest BCUT2D eigenvalue weighted by Gasteiger charge is -2.35. The first-order valence-electron chi connectivity index (χ1n) is 5.93. The van der Waals surface area contributed by atoms with Crippen molar-refractivity contribution < 1.29 is 4.42 Å². The van der Waals surface area contributed by atoms with Crippen molar-refractivity contribution in [1.29, 1.82) is 15.8 Å². The summed E-state index contributed by atoms with van der Waals surface area (Å²) in [5, 5.41) is 35.7. The van der Waals surface area contributed by atoms with Crippen LogP contribution >= 0.6 is 12.2 Å². The number of nitrogens with two attached hydrogens (primary N) is 1. The Morgan fingerprint density at radius 2 is 2.14 bits per heavy atom. The van der Waals surface area contributed by atoms with Crippen LogP contribution in [-0.4, -0.2) is 21.4 Å². The summed E-state index contributed by atoms with van der Waals surface area (Å²) >= 11 is 5.09. The predicted molar refractivity (Wildman–Crippen MR) is 79.3 cm³/mol. The minimum Gasteiger partial charge on any atom is -0.463 e. The van der Waals surface area contributed by atoms with Crippen LogP contribution < -0.4 is 11.1 Å². The van der Waals surface area contributed by atoms with Gasteiger partial charge in [-0.3, -0.25) is 0 Å². The molecule has 9 heteroatoms. The Hall–Kier alpha value is -3.35. The summed E-state index contributed by atoms with van der Waals surface area (Å²) in [6, 6.07) is 8.63. The van der Waals surface area contributed by atoms with Gasteiger partial charge in [0.2, 0.25) is 0 Å². The van der Waals surface area contributed by atoms with Crippen LogP contribution in [0.3, 0.4) is 0 Å². The molecule has 0 atom stereocenters. The van der Waals surface area contributed by atoms with Crippen molar-refractivity contribution in [1.82, 2.24) is 10.3 Å². The molecule has 0 radical (unpaired) electrons. The van der Waals surface area contributed by atoms with E-state index in [0.717, 1.165) is 5.01 Å². The molecule has 1 aliphatic rings. The molecular weight excluding hydrogens is 302 g/mol. The van der Waals surface area contributed by atoms with Gasteiger partial charge in [-0.05, 0) is 31.3 Å². The van der Waals surface area contributed by atoms with E-state index in [0.29, 0.717) is 11.5 Å². The molecule has 0 unspecified atom stereocenters. The molecule has 0 spiro atoms. The Morgan fingerprint density at radius 3 is 2.64 bits per heavy atom. The van der Waals surface area contributed by atoms with Crippen molar-refractivity contribution in [2.24, 2.45) is 10.8 Å². The lowest BCUT2D eigenvalue weighted by Crippen LogP contribution is -2.58. The third-order valence-electron chi connectivity index (χ3n) is 2.95. The Kier molecular flexibility index (Phi) is 3.81. The quantitative estimate of drug-likeness (QED) is 0.600. The second-order valence-corrected chi connectivity index (χ2v) is 4.63. The van der Waals surface area contributed by atoms with E-state index in [4.69, 9.17) is 22.4 Å². The maximum absolute atomic E-state index is 9.46. The molecule has 0 bridgehead atoms. The van der Waals surface area contributed by atoms with Crippen LogP contribution in [0.1, 0.15) is 12.7 Å². The zero-order valence-corrected chi connectivity index (χ0v) is 12.2. The number of nitrogens with zero attached hydrogens (tertiary/aromatic N) is 5. The Bertz CT molecular complexity index is 787. The molecule has 0 saturated heterocycles. The van der Waals surface area contributed by atoms with Crippen molar-refractivity contribution in [3.05, 3.63) is 35.6 Å². The van der Waals surface area contributed by atoms with Crippen LogP contribution in [0.5, 0.6) is 0 Å². The number of hydrazone groups is 1. The molecule has 108 valence electrons. The third-order valence-corrected chi connectivity index (χ3v) is 3.22. The molecule has 0 amide bonds. The maximum atomic E-state index is 9.46. The minimum absolute atomic E-state index is 0.0643. The second-order valence-electron chi connectivity index (χ2n) is 4.24. The largest absolute Gasteiger partial charge is 0.463 e. The van der Waals surface area contributed by atoms with E-state index in [1.165, 1.54) is 6.26 Å². The SMILES string of the molecule is C/C(=N/N1C(=S)NC(N)=C(C#N)C1(C#N)C#N)c1ccco1. The van der Waals surface area contributed by atoms with Crippen molar-refractivity contribution in [3.63, 3.8) is 0 Å². The van der Waals surface area contributed by atoms with Crippen LogP contribution in [0.4, 0.5) is 0 Å². The van der Waals surface area contributed by atoms with Gasteiger partial charge in [-0.2, -0.15) is 25.9 Å². The fraction of sp³-hybridized carbons (Fsp3) is 0.154. The number of hydrogen-bond acceptors (Lipinski definition) is 7. The summed E-state index contributed by atoms with van der Waals surface area (Å²) in [6.45, 7) is 1.62. The number of nitriles is 3. The van der Waals surface area contributed by atoms with E-state index >= 15 is 0 Å². The molecule has 22 heavy (non-hydrogen) atoms. The van der Waals surface area contributed by atoms with E-state index < -0.39 is 5.54 Å². The normalized spacial score (nSPS) is 17.3. The number of nitrogens with one attached hydrogen (secondary N) is 1. The lowest BCUT2D eigenvalue weighted by molar-refractivity contribution is 0.338. The van der Waals surface area contributed by atoms with Gasteiger partial charge in [0.1, 0.15) is 41.1 Å². The van der Waals surface area contributed by atoms with Gasteiger partial charge in [-0.1, -0.05) is 0 Å². The number of furan rings is 1. The molecule has 0 saturated carbocycles. The predicted octanol–water partition coefficient (Wildman–Crippen LogP) is 0.674. The van der Waals surface area contributed by atoms with Gasteiger partial charge in [0.15, 0.2) is 5.11 Å². The zero-order chi connectivity index (χ0) is 16.3. The molecule has 1 aromatic heterocycles. The van der Waals surface area contributed by atoms with E-state index in [1.54, 1.807) is 37.3 Å². The zero-order valence-electron chi connectivity index (χ0n) is 11.4. The van der Waals surface area contributed by atoms with Crippen LogP contribution in [-0.2, 0) is 0 Å². The third kappa shape index (κ3) is 2.14. The van der Waals surface area contributed by atoms with Crippen molar-refractivity contribution in [2.45, 2.75) is 12.5 Å². The summed E-state index contributed by atoms with van der Waals surface area (Å²) < 4.78 is 5.19. The van der Waals surface area contributed by atoms with Gasteiger partial charge in [0.25, 0.3) is 5.54 Å². The highest BCUT2D eigenvalue weighted by Crippen LogP contribution is 2.29. The Morgan fingerprint density at radius 1 is 1.45 bits per heavy atom. The molecule has 3 N–H and O–H groups in total. The van der Waals surface area contributed by atoms with E-state index in [2.05, 4.69) is 10.4 Å². The molecule has 0 aliphatic carbocycles. The smallest absolute Gasteiger partial charge is 0.274 e. The second kappa shape index (κ2) is 5.57. The minimum atomic E-state index is -2.03. The van der Waals surface area contributed by atoms with Gasteiger partial charge < -0.3 is 15.5 Å². The summed E-state index contributed by atoms with van der Waals surface area (Å²) in [5.41, 5.74) is 3.74. The number of thiocarbonyl (C=S) groups is 1. The van der Waals surface area contributed by atoms with Crippen LogP contribution in [0.2, 0.25) is 0 Å². The molecule has 1 aliphatic heterocycles. The first kappa shape index (κ1) is 15.0. The molecule has 1 aromatic rings. The Balaban J connectivity index is 2.62. The highest BCUT2D eigenvalue weighted by atomic mass is 32.1. The van der Waals surface area contributed by atoms with Gasteiger partial charge in [-0.25, -0.2) is 0 Å². The number of hydrogen-bond donors (Lipinski definition) is 2. The fourth-order valence-corrected chi connectivity index (χ4v) is 2.15. The van der Waals surface area contributed by atoms with Crippen molar-refractivity contribution in [3.8, 4) is 18.2 Å². The molecule has 0 aromatic carbocycles. The first-order chi connectivity index (χ1) is 10.5. The average Bonchev–Trinajstić information content (AvgIpc) is 3.04.